The normalized spacial score (nSPS) is 22.3. The predicted octanol–water partition coefficient (Wildman–Crippen LogP) is 1.68. The third-order valence-corrected chi connectivity index (χ3v) is 4.66. The van der Waals surface area contributed by atoms with Crippen molar-refractivity contribution in [1.29, 1.82) is 0 Å². The van der Waals surface area contributed by atoms with Crippen LogP contribution in [0.1, 0.15) is 12.0 Å². The van der Waals surface area contributed by atoms with Crippen LogP contribution < -0.4 is 4.90 Å². The van der Waals surface area contributed by atoms with Crippen LogP contribution in [-0.2, 0) is 16.1 Å². The van der Waals surface area contributed by atoms with E-state index >= 15 is 0 Å². The molecule has 4 rings (SSSR count). The van der Waals surface area contributed by atoms with Crippen LogP contribution in [0.25, 0.3) is 0 Å². The molecule has 0 amide bonds. The minimum absolute atomic E-state index is 0.0891. The van der Waals surface area contributed by atoms with E-state index in [0.29, 0.717) is 12.5 Å². The van der Waals surface area contributed by atoms with Crippen molar-refractivity contribution in [2.24, 2.45) is 5.92 Å². The van der Waals surface area contributed by atoms with Crippen LogP contribution in [0, 0.1) is 5.92 Å². The van der Waals surface area contributed by atoms with Gasteiger partial charge in [-0.1, -0.05) is 6.07 Å². The Morgan fingerprint density at radius 1 is 1.22 bits per heavy atom. The second-order valence-electron chi connectivity index (χ2n) is 6.18. The lowest BCUT2D eigenvalue weighted by Gasteiger charge is -2.50. The lowest BCUT2D eigenvalue weighted by molar-refractivity contribution is -0.0657. The smallest absolute Gasteiger partial charge is 0.225 e. The summed E-state index contributed by atoms with van der Waals surface area (Å²) in [5.74, 6) is 1.21. The van der Waals surface area contributed by atoms with Crippen LogP contribution in [0.15, 0.2) is 43.0 Å². The van der Waals surface area contributed by atoms with Gasteiger partial charge < -0.3 is 14.4 Å². The Labute approximate surface area is 135 Å². The van der Waals surface area contributed by atoms with Crippen molar-refractivity contribution >= 4 is 5.95 Å². The molecule has 2 aromatic rings. The van der Waals surface area contributed by atoms with Crippen molar-refractivity contribution in [3.8, 4) is 0 Å². The monoisotopic (exact) mass is 312 g/mol. The minimum atomic E-state index is -0.0891. The number of nitrogens with zero attached hydrogens (tertiary/aromatic N) is 4. The summed E-state index contributed by atoms with van der Waals surface area (Å²) in [5.41, 5.74) is 1.02. The highest BCUT2D eigenvalue weighted by Gasteiger charge is 2.53. The lowest BCUT2D eigenvalue weighted by atomic mass is 9.81. The van der Waals surface area contributed by atoms with Crippen molar-refractivity contribution in [3.63, 3.8) is 0 Å². The molecule has 6 nitrogen and oxygen atoms in total. The van der Waals surface area contributed by atoms with Crippen LogP contribution in [0.5, 0.6) is 0 Å². The molecule has 2 saturated heterocycles. The van der Waals surface area contributed by atoms with Gasteiger partial charge in [-0.05, 0) is 24.1 Å². The van der Waals surface area contributed by atoms with Crippen molar-refractivity contribution in [3.05, 3.63) is 48.5 Å². The van der Waals surface area contributed by atoms with Gasteiger partial charge >= 0.3 is 0 Å². The van der Waals surface area contributed by atoms with Crippen LogP contribution in [0.2, 0.25) is 0 Å². The molecule has 0 N–H and O–H groups in total. The molecule has 0 aromatic carbocycles. The van der Waals surface area contributed by atoms with Gasteiger partial charge in [-0.3, -0.25) is 4.98 Å². The quantitative estimate of drug-likeness (QED) is 0.837. The topological polar surface area (TPSA) is 60.4 Å². The molecular formula is C17H20N4O2. The maximum Gasteiger partial charge on any atom is 0.225 e. The fourth-order valence-electron chi connectivity index (χ4n) is 3.37. The SMILES string of the molecule is c1cnc(N2CC3(C2)OCC[C@@H]3COCc2cccnc2)nc1. The van der Waals surface area contributed by atoms with Gasteiger partial charge in [0.15, 0.2) is 0 Å². The zero-order chi connectivity index (χ0) is 15.5. The molecule has 0 radical (unpaired) electrons. The molecule has 2 aromatic heterocycles. The van der Waals surface area contributed by atoms with Crippen molar-refractivity contribution < 1.29 is 9.47 Å². The summed E-state index contributed by atoms with van der Waals surface area (Å²) in [4.78, 5) is 14.9. The molecule has 0 bridgehead atoms. The van der Waals surface area contributed by atoms with E-state index in [1.54, 1.807) is 18.6 Å². The van der Waals surface area contributed by atoms with Gasteiger partial charge in [-0.25, -0.2) is 9.97 Å². The summed E-state index contributed by atoms with van der Waals surface area (Å²) in [6.07, 6.45) is 8.22. The van der Waals surface area contributed by atoms with E-state index in [1.807, 2.05) is 24.4 Å². The van der Waals surface area contributed by atoms with Crippen LogP contribution in [0.3, 0.4) is 0 Å². The third-order valence-electron chi connectivity index (χ3n) is 4.66. The summed E-state index contributed by atoms with van der Waals surface area (Å²) in [5, 5.41) is 0. The zero-order valence-corrected chi connectivity index (χ0v) is 13.0. The first-order valence-corrected chi connectivity index (χ1v) is 7.98. The first-order chi connectivity index (χ1) is 11.4. The van der Waals surface area contributed by atoms with Crippen molar-refractivity contribution in [1.82, 2.24) is 15.0 Å². The van der Waals surface area contributed by atoms with Crippen LogP contribution in [-0.4, -0.2) is 46.9 Å². The summed E-state index contributed by atoms with van der Waals surface area (Å²) in [6.45, 7) is 3.82. The summed E-state index contributed by atoms with van der Waals surface area (Å²) >= 11 is 0. The number of aromatic nitrogens is 3. The Balaban J connectivity index is 1.31. The zero-order valence-electron chi connectivity index (χ0n) is 13.0. The molecule has 1 spiro atoms. The molecule has 2 aliphatic rings. The number of hydrogen-bond donors (Lipinski definition) is 0. The second-order valence-corrected chi connectivity index (χ2v) is 6.18. The van der Waals surface area contributed by atoms with Gasteiger partial charge in [0.2, 0.25) is 5.95 Å². The lowest BCUT2D eigenvalue weighted by Crippen LogP contribution is -2.66. The molecule has 0 aliphatic carbocycles. The molecule has 0 saturated carbocycles. The number of pyridine rings is 1. The Morgan fingerprint density at radius 3 is 2.87 bits per heavy atom. The maximum absolute atomic E-state index is 6.05. The second kappa shape index (κ2) is 6.22. The summed E-state index contributed by atoms with van der Waals surface area (Å²) in [6, 6.07) is 5.80. The summed E-state index contributed by atoms with van der Waals surface area (Å²) < 4.78 is 12.0. The number of rotatable bonds is 5. The first kappa shape index (κ1) is 14.5. The molecule has 4 heterocycles. The fraction of sp³-hybridized carbons (Fsp3) is 0.471. The molecule has 2 fully saturated rings. The van der Waals surface area contributed by atoms with E-state index in [4.69, 9.17) is 9.47 Å². The Bertz CT molecular complexity index is 632. The van der Waals surface area contributed by atoms with Gasteiger partial charge in [-0.15, -0.1) is 0 Å². The molecule has 23 heavy (non-hydrogen) atoms. The highest BCUT2D eigenvalue weighted by molar-refractivity contribution is 5.37. The van der Waals surface area contributed by atoms with E-state index in [0.717, 1.165) is 44.2 Å². The number of hydrogen-bond acceptors (Lipinski definition) is 6. The highest BCUT2D eigenvalue weighted by atomic mass is 16.5. The fourth-order valence-corrected chi connectivity index (χ4v) is 3.37. The van der Waals surface area contributed by atoms with Gasteiger partial charge in [0, 0.05) is 37.3 Å². The molecule has 0 unspecified atom stereocenters. The number of ether oxygens (including phenoxy) is 2. The van der Waals surface area contributed by atoms with E-state index in [1.165, 1.54) is 0 Å². The third kappa shape index (κ3) is 2.92. The maximum atomic E-state index is 6.05. The van der Waals surface area contributed by atoms with Gasteiger partial charge in [0.05, 0.1) is 26.3 Å². The molecular weight excluding hydrogens is 292 g/mol. The van der Waals surface area contributed by atoms with Crippen molar-refractivity contribution in [2.45, 2.75) is 18.6 Å². The Kier molecular flexibility index (Phi) is 3.93. The molecule has 2 aliphatic heterocycles. The van der Waals surface area contributed by atoms with E-state index in [-0.39, 0.29) is 5.60 Å². The molecule has 120 valence electrons. The van der Waals surface area contributed by atoms with Crippen LogP contribution in [0.4, 0.5) is 5.95 Å². The number of anilines is 1. The van der Waals surface area contributed by atoms with Gasteiger partial charge in [-0.2, -0.15) is 0 Å². The summed E-state index contributed by atoms with van der Waals surface area (Å²) in [7, 11) is 0. The Morgan fingerprint density at radius 2 is 2.09 bits per heavy atom. The van der Waals surface area contributed by atoms with Gasteiger partial charge in [0.1, 0.15) is 5.60 Å². The standard InChI is InChI=1S/C17H20N4O2/c1-3-14(9-18-5-1)10-22-11-15-4-8-23-17(15)12-21(13-17)16-19-6-2-7-20-16/h1-3,5-7,9,15H,4,8,10-13H2/t15-/m1/s1. The molecule has 1 atom stereocenters. The van der Waals surface area contributed by atoms with E-state index < -0.39 is 0 Å². The van der Waals surface area contributed by atoms with Crippen LogP contribution >= 0.6 is 0 Å². The Hall–Kier alpha value is -2.05. The predicted molar refractivity (Wildman–Crippen MR) is 84.9 cm³/mol. The highest BCUT2D eigenvalue weighted by Crippen LogP contribution is 2.41. The first-order valence-electron chi connectivity index (χ1n) is 7.98. The average molecular weight is 312 g/mol. The van der Waals surface area contributed by atoms with E-state index in [2.05, 4.69) is 19.9 Å². The van der Waals surface area contributed by atoms with Gasteiger partial charge in [0.25, 0.3) is 0 Å². The largest absolute Gasteiger partial charge is 0.376 e. The molecule has 6 heteroatoms. The average Bonchev–Trinajstić information content (AvgIpc) is 2.99. The van der Waals surface area contributed by atoms with Crippen molar-refractivity contribution in [2.75, 3.05) is 31.2 Å². The van der Waals surface area contributed by atoms with E-state index in [9.17, 15) is 0 Å². The minimum Gasteiger partial charge on any atom is -0.376 e.